The molecule has 1 fully saturated rings. The molecule has 0 spiro atoms. The Morgan fingerprint density at radius 3 is 2.81 bits per heavy atom. The van der Waals surface area contributed by atoms with Crippen LogP contribution in [0.25, 0.3) is 10.4 Å². The van der Waals surface area contributed by atoms with Crippen molar-refractivity contribution in [2.45, 2.75) is 18.9 Å². The van der Waals surface area contributed by atoms with E-state index in [0.717, 1.165) is 5.56 Å². The molecule has 1 N–H and O–H groups in total. The third-order valence-electron chi connectivity index (χ3n) is 3.68. The average molecular weight is 292 g/mol. The maximum Gasteiger partial charge on any atom is 0.223 e. The number of halogens is 1. The number of hydrogen-bond donors (Lipinski definition) is 1. The second kappa shape index (κ2) is 7.06. The molecule has 1 saturated heterocycles. The molecule has 7 heteroatoms. The van der Waals surface area contributed by atoms with Crippen LogP contribution < -0.4 is 0 Å². The molecule has 112 valence electrons. The van der Waals surface area contributed by atoms with E-state index in [1.807, 2.05) is 0 Å². The van der Waals surface area contributed by atoms with Gasteiger partial charge in [-0.1, -0.05) is 17.2 Å². The molecule has 0 bridgehead atoms. The summed E-state index contributed by atoms with van der Waals surface area (Å²) in [4.78, 5) is 16.5. The molecule has 0 radical (unpaired) electrons. The quantitative estimate of drug-likeness (QED) is 0.495. The summed E-state index contributed by atoms with van der Waals surface area (Å²) in [5.41, 5.74) is 9.14. The third kappa shape index (κ3) is 3.71. The Kier molecular flexibility index (Phi) is 5.14. The summed E-state index contributed by atoms with van der Waals surface area (Å²) in [7, 11) is 0. The summed E-state index contributed by atoms with van der Waals surface area (Å²) < 4.78 is 13.0. The molecule has 1 aromatic carbocycles. The lowest BCUT2D eigenvalue weighted by molar-refractivity contribution is -0.130. The summed E-state index contributed by atoms with van der Waals surface area (Å²) >= 11 is 0. The van der Waals surface area contributed by atoms with Crippen molar-refractivity contribution in [1.82, 2.24) is 4.90 Å². The first-order valence-corrected chi connectivity index (χ1v) is 6.82. The molecule has 0 aliphatic carbocycles. The van der Waals surface area contributed by atoms with Crippen molar-refractivity contribution in [2.24, 2.45) is 11.0 Å². The highest BCUT2D eigenvalue weighted by molar-refractivity contribution is 5.79. The Bertz CT molecular complexity index is 542. The predicted molar refractivity (Wildman–Crippen MR) is 74.7 cm³/mol. The van der Waals surface area contributed by atoms with Crippen LogP contribution in [0.1, 0.15) is 24.4 Å². The minimum atomic E-state index is -0.338. The number of amides is 1. The number of benzene rings is 1. The number of carbonyl (C=O) groups is 1. The number of carbonyl (C=O) groups excluding carboxylic acids is 1. The molecule has 1 aliphatic rings. The van der Waals surface area contributed by atoms with Gasteiger partial charge < -0.3 is 10.0 Å². The van der Waals surface area contributed by atoms with Crippen LogP contribution in [0.3, 0.4) is 0 Å². The standard InChI is InChI=1S/C14H17FN4O2/c15-12-3-1-11(2-4-12)13(5-6-20)19-9-10(7-14(19)21)8-17-18-16/h1-4,10,13,20H,5-9H2. The second-order valence-electron chi connectivity index (χ2n) is 5.11. The highest BCUT2D eigenvalue weighted by Gasteiger charge is 2.34. The first-order valence-electron chi connectivity index (χ1n) is 6.82. The van der Waals surface area contributed by atoms with Crippen LogP contribution >= 0.6 is 0 Å². The van der Waals surface area contributed by atoms with Gasteiger partial charge in [0.1, 0.15) is 5.82 Å². The van der Waals surface area contributed by atoms with Gasteiger partial charge in [0.25, 0.3) is 0 Å². The van der Waals surface area contributed by atoms with E-state index in [1.54, 1.807) is 17.0 Å². The smallest absolute Gasteiger partial charge is 0.223 e. The summed E-state index contributed by atoms with van der Waals surface area (Å²) in [6.45, 7) is 0.709. The molecule has 2 unspecified atom stereocenters. The van der Waals surface area contributed by atoms with Crippen molar-refractivity contribution in [3.8, 4) is 0 Å². The topological polar surface area (TPSA) is 89.3 Å². The average Bonchev–Trinajstić information content (AvgIpc) is 2.84. The highest BCUT2D eigenvalue weighted by Crippen LogP contribution is 2.31. The molecule has 0 saturated carbocycles. The van der Waals surface area contributed by atoms with E-state index in [-0.39, 0.29) is 36.8 Å². The van der Waals surface area contributed by atoms with Crippen LogP contribution in [0.4, 0.5) is 4.39 Å². The van der Waals surface area contributed by atoms with Crippen molar-refractivity contribution in [1.29, 1.82) is 0 Å². The Balaban J connectivity index is 2.16. The predicted octanol–water partition coefficient (Wildman–Crippen LogP) is 2.41. The van der Waals surface area contributed by atoms with Crippen molar-refractivity contribution >= 4 is 5.91 Å². The van der Waals surface area contributed by atoms with E-state index >= 15 is 0 Å². The second-order valence-corrected chi connectivity index (χ2v) is 5.11. The molecular weight excluding hydrogens is 275 g/mol. The SMILES string of the molecule is [N-]=[N+]=NCC1CC(=O)N(C(CCO)c2ccc(F)cc2)C1. The fourth-order valence-corrected chi connectivity index (χ4v) is 2.69. The Morgan fingerprint density at radius 2 is 2.19 bits per heavy atom. The molecule has 1 aliphatic heterocycles. The fourth-order valence-electron chi connectivity index (χ4n) is 2.69. The lowest BCUT2D eigenvalue weighted by Gasteiger charge is -2.28. The molecule has 2 rings (SSSR count). The van der Waals surface area contributed by atoms with Gasteiger partial charge in [-0.3, -0.25) is 4.79 Å². The first-order chi connectivity index (χ1) is 10.2. The lowest BCUT2D eigenvalue weighted by atomic mass is 10.0. The van der Waals surface area contributed by atoms with Crippen molar-refractivity contribution < 1.29 is 14.3 Å². The van der Waals surface area contributed by atoms with Gasteiger partial charge >= 0.3 is 0 Å². The maximum atomic E-state index is 13.0. The van der Waals surface area contributed by atoms with Crippen molar-refractivity contribution in [3.05, 3.63) is 46.1 Å². The van der Waals surface area contributed by atoms with Crippen molar-refractivity contribution in [3.63, 3.8) is 0 Å². The monoisotopic (exact) mass is 292 g/mol. The largest absolute Gasteiger partial charge is 0.396 e. The molecule has 0 aromatic heterocycles. The number of nitrogens with zero attached hydrogens (tertiary/aromatic N) is 4. The van der Waals surface area contributed by atoms with E-state index in [2.05, 4.69) is 10.0 Å². The molecule has 1 heterocycles. The van der Waals surface area contributed by atoms with Crippen LogP contribution in [0.2, 0.25) is 0 Å². The zero-order valence-corrected chi connectivity index (χ0v) is 11.5. The maximum absolute atomic E-state index is 13.0. The number of azide groups is 1. The summed E-state index contributed by atoms with van der Waals surface area (Å²) in [5.74, 6) is -0.374. The van der Waals surface area contributed by atoms with Gasteiger partial charge in [-0.05, 0) is 35.6 Å². The van der Waals surface area contributed by atoms with Crippen LogP contribution in [-0.2, 0) is 4.79 Å². The number of rotatable bonds is 6. The number of hydrogen-bond acceptors (Lipinski definition) is 3. The van der Waals surface area contributed by atoms with Crippen LogP contribution in [0.15, 0.2) is 29.4 Å². The van der Waals surface area contributed by atoms with Crippen LogP contribution in [-0.4, -0.2) is 35.6 Å². The van der Waals surface area contributed by atoms with Gasteiger partial charge in [-0.2, -0.15) is 0 Å². The van der Waals surface area contributed by atoms with Gasteiger partial charge in [0, 0.05) is 31.0 Å². The van der Waals surface area contributed by atoms with Gasteiger partial charge in [-0.15, -0.1) is 0 Å². The zero-order chi connectivity index (χ0) is 15.2. The normalized spacial score (nSPS) is 19.4. The molecule has 1 aromatic rings. The Hall–Kier alpha value is -2.11. The number of aliphatic hydroxyl groups is 1. The Morgan fingerprint density at radius 1 is 1.48 bits per heavy atom. The first kappa shape index (κ1) is 15.3. The lowest BCUT2D eigenvalue weighted by Crippen LogP contribution is -2.31. The molecule has 6 nitrogen and oxygen atoms in total. The van der Waals surface area contributed by atoms with E-state index in [4.69, 9.17) is 5.53 Å². The molecular formula is C14H17FN4O2. The molecule has 1 amide bonds. The number of likely N-dealkylation sites (tertiary alicyclic amines) is 1. The third-order valence-corrected chi connectivity index (χ3v) is 3.68. The zero-order valence-electron chi connectivity index (χ0n) is 11.5. The summed E-state index contributed by atoms with van der Waals surface area (Å²) in [6.07, 6.45) is 0.730. The Labute approximate surface area is 121 Å². The van der Waals surface area contributed by atoms with E-state index < -0.39 is 0 Å². The van der Waals surface area contributed by atoms with Gasteiger partial charge in [0.15, 0.2) is 0 Å². The van der Waals surface area contributed by atoms with Gasteiger partial charge in [0.2, 0.25) is 5.91 Å². The van der Waals surface area contributed by atoms with E-state index in [9.17, 15) is 14.3 Å². The molecule has 2 atom stereocenters. The highest BCUT2D eigenvalue weighted by atomic mass is 19.1. The minimum Gasteiger partial charge on any atom is -0.396 e. The summed E-state index contributed by atoms with van der Waals surface area (Å²) in [5, 5.41) is 12.7. The fraction of sp³-hybridized carbons (Fsp3) is 0.500. The van der Waals surface area contributed by atoms with E-state index in [1.165, 1.54) is 12.1 Å². The minimum absolute atomic E-state index is 0.00459. The van der Waals surface area contributed by atoms with Crippen molar-refractivity contribution in [2.75, 3.05) is 19.7 Å². The van der Waals surface area contributed by atoms with Crippen LogP contribution in [0.5, 0.6) is 0 Å². The number of aliphatic hydroxyl groups excluding tert-OH is 1. The summed E-state index contributed by atoms with van der Waals surface area (Å²) in [6, 6.07) is 5.67. The van der Waals surface area contributed by atoms with Gasteiger partial charge in [-0.25, -0.2) is 4.39 Å². The molecule has 21 heavy (non-hydrogen) atoms. The van der Waals surface area contributed by atoms with Crippen LogP contribution in [0, 0.1) is 11.7 Å². The van der Waals surface area contributed by atoms with Gasteiger partial charge in [0.05, 0.1) is 6.04 Å². The van der Waals surface area contributed by atoms with E-state index in [0.29, 0.717) is 19.4 Å².